The molecular formula is C69H114N6O25S3. The molecule has 0 bridgehead atoms. The molecule has 34 heteroatoms. The van der Waals surface area contributed by atoms with E-state index >= 15 is 14.4 Å². The topological polar surface area (TPSA) is 458 Å². The first kappa shape index (κ1) is 92.5. The number of hydrogen-bond acceptors (Lipinski definition) is 29. The van der Waals surface area contributed by atoms with Gasteiger partial charge in [0, 0.05) is 68.3 Å². The molecular weight excluding hydrogens is 1410 g/mol. The van der Waals surface area contributed by atoms with E-state index < -0.39 is 167 Å². The van der Waals surface area contributed by atoms with Crippen LogP contribution in [0.5, 0.6) is 0 Å². The molecule has 2 aliphatic rings. The molecule has 0 saturated carbocycles. The van der Waals surface area contributed by atoms with Crippen molar-refractivity contribution >= 4 is 81.2 Å². The van der Waals surface area contributed by atoms with Gasteiger partial charge in [0.1, 0.15) is 61.1 Å². The number of thiocarbonyl (C=S) groups is 1. The Kier molecular flexibility index (Phi) is 42.4. The van der Waals surface area contributed by atoms with E-state index in [1.807, 2.05) is 6.26 Å². The van der Waals surface area contributed by atoms with E-state index in [4.69, 9.17) is 59.6 Å². The summed E-state index contributed by atoms with van der Waals surface area (Å²) in [5.41, 5.74) is -6.33. The zero-order valence-electron chi connectivity index (χ0n) is 61.1. The summed E-state index contributed by atoms with van der Waals surface area (Å²) in [6.45, 7) is 12.1. The van der Waals surface area contributed by atoms with Gasteiger partial charge in [0.05, 0.1) is 125 Å². The highest BCUT2D eigenvalue weighted by atomic mass is 32.2. The number of benzene rings is 1. The Hall–Kier alpha value is -4.69. The smallest absolute Gasteiger partial charge is 0.305 e. The Morgan fingerprint density at radius 1 is 0.592 bits per heavy atom. The average Bonchev–Trinajstić information content (AvgIpc) is 0.762. The molecule has 13 N–H and O–H groups in total. The standard InChI is InChI=1S/C69H114N6O25S3/c1-44(78)16-17-51(82)69(9,103-61(101)48-14-12-11-13-15-48)42-68(8,63(89)72-21-23-92-30-33-98-60-54(75-47(4)81)58(87)56(85)50(38-77)100-60)41-67(7,64(90)73-36-45(2)79)40-66(6,39-65(5,43-70)19-18-52(83)96-31-28-94-25-24-93-26-27-95-34-35-102-10)62(88)71-20-22-91-29-32-97-59-53(74-46(3)80)57(86)55(84)49(37-76)99-59/h11-15,44-45,49-50,53-60,76-79,84-87H,16-42H2,1-10H3,(H,71,88)(H,72,89)(H,73,90)(H,74,80)(H,75,81)/t44?,45?,49-,50-,53-,54-,55-,56-,57-,58-,59-,60-,65?,66?,67?,68?,69?/m1/s1. The fourth-order valence-electron chi connectivity index (χ4n) is 12.4. The number of thioether (sulfide) groups is 2. The van der Waals surface area contributed by atoms with Crippen molar-refractivity contribution in [3.05, 3.63) is 35.9 Å². The van der Waals surface area contributed by atoms with Gasteiger partial charge in [0.15, 0.2) is 12.6 Å². The van der Waals surface area contributed by atoms with Crippen LogP contribution in [0.15, 0.2) is 30.3 Å². The van der Waals surface area contributed by atoms with E-state index in [2.05, 4.69) is 32.7 Å². The first-order chi connectivity index (χ1) is 48.7. The van der Waals surface area contributed by atoms with Crippen LogP contribution < -0.4 is 26.6 Å². The summed E-state index contributed by atoms with van der Waals surface area (Å²) >= 11 is 8.70. The minimum absolute atomic E-state index is 0.0435. The lowest BCUT2D eigenvalue weighted by Gasteiger charge is -2.46. The first-order valence-electron chi connectivity index (χ1n) is 34.7. The molecule has 2 aliphatic heterocycles. The monoisotopic (exact) mass is 1520 g/mol. The largest absolute Gasteiger partial charge is 0.463 e. The molecule has 0 aromatic heterocycles. The van der Waals surface area contributed by atoms with Gasteiger partial charge in [-0.15, -0.1) is 0 Å². The van der Waals surface area contributed by atoms with Crippen molar-refractivity contribution in [3.63, 3.8) is 0 Å². The van der Waals surface area contributed by atoms with Crippen molar-refractivity contribution in [1.82, 2.24) is 26.6 Å². The molecule has 1 aromatic carbocycles. The molecule has 2 heterocycles. The first-order valence-corrected chi connectivity index (χ1v) is 37.3. The van der Waals surface area contributed by atoms with E-state index in [9.17, 15) is 65.3 Å². The molecule has 0 aliphatic carbocycles. The number of ether oxygens (including phenoxy) is 10. The molecule has 2 fully saturated rings. The summed E-state index contributed by atoms with van der Waals surface area (Å²) in [7, 11) is 0. The minimum atomic E-state index is -1.85. The Bertz CT molecular complexity index is 2800. The van der Waals surface area contributed by atoms with Crippen molar-refractivity contribution in [2.45, 2.75) is 192 Å². The van der Waals surface area contributed by atoms with Crippen molar-refractivity contribution < 1.29 is 122 Å². The molecule has 3 rings (SSSR count). The van der Waals surface area contributed by atoms with Crippen molar-refractivity contribution in [2.75, 3.05) is 131 Å². The van der Waals surface area contributed by atoms with E-state index in [-0.39, 0.29) is 124 Å². The summed E-state index contributed by atoms with van der Waals surface area (Å²) in [5.74, 6) is -3.41. The number of nitriles is 1. The lowest BCUT2D eigenvalue weighted by Crippen LogP contribution is -2.64. The lowest BCUT2D eigenvalue weighted by molar-refractivity contribution is -0.272. The van der Waals surface area contributed by atoms with Crippen LogP contribution >= 0.6 is 35.7 Å². The third-order valence-corrected chi connectivity index (χ3v) is 19.7. The van der Waals surface area contributed by atoms with Crippen LogP contribution in [-0.2, 0) is 80.9 Å². The quantitative estimate of drug-likeness (QED) is 0.0234. The molecule has 31 nitrogen and oxygen atoms in total. The predicted molar refractivity (Wildman–Crippen MR) is 383 cm³/mol. The van der Waals surface area contributed by atoms with Gasteiger partial charge in [0.25, 0.3) is 0 Å². The van der Waals surface area contributed by atoms with Crippen LogP contribution in [0.4, 0.5) is 0 Å². The molecule has 1 aromatic rings. The third-order valence-electron chi connectivity index (χ3n) is 17.4. The number of hydrogen-bond donors (Lipinski definition) is 13. The number of nitrogens with zero attached hydrogens (tertiary/aromatic N) is 1. The number of nitrogens with one attached hydrogen (secondary N) is 5. The Morgan fingerprint density at radius 3 is 1.48 bits per heavy atom. The molecule has 103 heavy (non-hydrogen) atoms. The molecule has 7 unspecified atom stereocenters. The number of carbonyl (C=O) groups is 7. The fourth-order valence-corrected chi connectivity index (χ4v) is 14.6. The maximum absolute atomic E-state index is 15.5. The van der Waals surface area contributed by atoms with Gasteiger partial charge in [-0.25, -0.2) is 0 Å². The van der Waals surface area contributed by atoms with Crippen molar-refractivity contribution in [2.24, 2.45) is 21.7 Å². The Labute approximate surface area is 618 Å². The van der Waals surface area contributed by atoms with Crippen molar-refractivity contribution in [3.8, 4) is 6.07 Å². The van der Waals surface area contributed by atoms with E-state index in [1.165, 1.54) is 34.6 Å². The van der Waals surface area contributed by atoms with Gasteiger partial charge in [-0.05, 0) is 78.0 Å². The van der Waals surface area contributed by atoms with Gasteiger partial charge in [-0.2, -0.15) is 17.0 Å². The molecule has 0 spiro atoms. The van der Waals surface area contributed by atoms with Crippen molar-refractivity contribution in [1.29, 1.82) is 5.26 Å². The highest BCUT2D eigenvalue weighted by Gasteiger charge is 2.55. The molecule has 588 valence electrons. The minimum Gasteiger partial charge on any atom is -0.463 e. The third kappa shape index (κ3) is 32.3. The number of carbonyl (C=O) groups excluding carboxylic acids is 7. The normalized spacial score (nSPS) is 24.0. The number of ketones is 1. The molecule has 17 atom stereocenters. The fraction of sp³-hybridized carbons (Fsp3) is 0.783. The number of Topliss-reactive ketones (excluding diaryl/α,β-unsaturated/α-hetero) is 1. The van der Waals surface area contributed by atoms with Crippen LogP contribution in [0, 0.1) is 33.0 Å². The summed E-state index contributed by atoms with van der Waals surface area (Å²) < 4.78 is 55.3. The van der Waals surface area contributed by atoms with E-state index in [1.54, 1.807) is 69.8 Å². The number of aliphatic hydroxyl groups is 8. The lowest BCUT2D eigenvalue weighted by atomic mass is 9.59. The Morgan fingerprint density at radius 2 is 1.03 bits per heavy atom. The maximum Gasteiger partial charge on any atom is 0.305 e. The van der Waals surface area contributed by atoms with Gasteiger partial charge < -0.3 is 115 Å². The SMILES string of the molecule is CSCCOCCOCCOCCOC(=O)CCC(C)(C#N)CC(C)(CC(C)(CC(C)(CC(C)(SC(=S)c1ccccc1)C(=O)CCC(C)O)C(=O)NCCOCCO[C@@H]1O[C@H](CO)[C@@H](O)[C@H](O)[C@H]1NC(C)=O)C(=O)NCC(C)O)C(=O)NCCOCCO[C@@H]1O[C@H](CO)[C@@H](O)[C@H](O)[C@H]1NC(C)=O. The number of aliphatic hydroxyl groups excluding tert-OH is 8. The average molecular weight is 1520 g/mol. The summed E-state index contributed by atoms with van der Waals surface area (Å²) in [4.78, 5) is 98.6. The van der Waals surface area contributed by atoms with Gasteiger partial charge in [-0.3, -0.25) is 33.6 Å². The molecule has 5 amide bonds. The van der Waals surface area contributed by atoms with Gasteiger partial charge >= 0.3 is 5.97 Å². The predicted octanol–water partition coefficient (Wildman–Crippen LogP) is 0.113. The van der Waals surface area contributed by atoms with Gasteiger partial charge in [0.2, 0.25) is 29.5 Å². The second kappa shape index (κ2) is 47.2. The highest BCUT2D eigenvalue weighted by molar-refractivity contribution is 8.25. The zero-order chi connectivity index (χ0) is 77.0. The van der Waals surface area contributed by atoms with Crippen LogP contribution in [0.3, 0.4) is 0 Å². The van der Waals surface area contributed by atoms with Crippen LogP contribution in [0.25, 0.3) is 0 Å². The molecule has 2 saturated heterocycles. The number of esters is 1. The second-order valence-corrected chi connectivity index (χ2v) is 30.5. The summed E-state index contributed by atoms with van der Waals surface area (Å²) in [6, 6.07) is 8.72. The van der Waals surface area contributed by atoms with Crippen LogP contribution in [-0.4, -0.2) is 295 Å². The maximum atomic E-state index is 15.5. The number of rotatable bonds is 52. The molecule has 0 radical (unpaired) electrons. The van der Waals surface area contributed by atoms with Crippen LogP contribution in [0.2, 0.25) is 0 Å². The summed E-state index contributed by atoms with van der Waals surface area (Å²) in [5, 5.41) is 108. The second-order valence-electron chi connectivity index (χ2n) is 27.3. The van der Waals surface area contributed by atoms with E-state index in [0.717, 1.165) is 17.5 Å². The zero-order valence-corrected chi connectivity index (χ0v) is 63.5. The Balaban J connectivity index is 2.08. The summed E-state index contributed by atoms with van der Waals surface area (Å²) in [6.07, 6.45) is -13.4. The number of amides is 5. The van der Waals surface area contributed by atoms with E-state index in [0.29, 0.717) is 29.6 Å². The highest BCUT2D eigenvalue weighted by Crippen LogP contribution is 2.52. The van der Waals surface area contributed by atoms with Crippen LogP contribution in [0.1, 0.15) is 119 Å². The van der Waals surface area contributed by atoms with Gasteiger partial charge in [-0.1, -0.05) is 75.1 Å².